The normalized spacial score (nSPS) is 36.0. The number of alkyl carbamates (subject to hydrolysis) is 1. The quantitative estimate of drug-likeness (QED) is 0.778. The molecule has 1 amide bonds. The fourth-order valence-electron chi connectivity index (χ4n) is 2.93. The van der Waals surface area contributed by atoms with E-state index < -0.39 is 5.60 Å². The number of amides is 1. The topological polar surface area (TPSA) is 58.6 Å². The van der Waals surface area contributed by atoms with Gasteiger partial charge >= 0.3 is 6.09 Å². The van der Waals surface area contributed by atoms with Crippen molar-refractivity contribution in [2.24, 2.45) is 11.3 Å². The van der Waals surface area contributed by atoms with Crippen LogP contribution in [0.2, 0.25) is 0 Å². The van der Waals surface area contributed by atoms with Gasteiger partial charge in [-0.25, -0.2) is 4.79 Å². The molecule has 1 spiro atoms. The molecular weight excluding hydrogens is 218 g/mol. The third-order valence-electron chi connectivity index (χ3n) is 3.95. The SMILES string of the molecule is CC(C)(C)OC(=O)NCC1CC2(CCC2O)C1. The van der Waals surface area contributed by atoms with Crippen LogP contribution in [0.3, 0.4) is 0 Å². The summed E-state index contributed by atoms with van der Waals surface area (Å²) in [6.45, 7) is 6.24. The molecule has 0 aromatic rings. The summed E-state index contributed by atoms with van der Waals surface area (Å²) in [5, 5.41) is 12.5. The molecule has 17 heavy (non-hydrogen) atoms. The average Bonchev–Trinajstić information content (AvgIpc) is 2.10. The Labute approximate surface area is 103 Å². The number of rotatable bonds is 2. The largest absolute Gasteiger partial charge is 0.444 e. The van der Waals surface area contributed by atoms with Gasteiger partial charge in [0.1, 0.15) is 5.60 Å². The number of nitrogens with one attached hydrogen (secondary N) is 1. The second-order valence-electron chi connectivity index (χ2n) is 6.57. The fourth-order valence-corrected chi connectivity index (χ4v) is 2.93. The van der Waals surface area contributed by atoms with E-state index in [1.54, 1.807) is 0 Å². The molecule has 2 aliphatic rings. The minimum Gasteiger partial charge on any atom is -0.444 e. The van der Waals surface area contributed by atoms with Gasteiger partial charge in [-0.15, -0.1) is 0 Å². The lowest BCUT2D eigenvalue weighted by atomic mass is 9.50. The van der Waals surface area contributed by atoms with E-state index in [2.05, 4.69) is 5.32 Å². The zero-order valence-corrected chi connectivity index (χ0v) is 11.0. The molecule has 0 bridgehead atoms. The number of hydrogen-bond donors (Lipinski definition) is 2. The van der Waals surface area contributed by atoms with E-state index >= 15 is 0 Å². The molecule has 2 fully saturated rings. The van der Waals surface area contributed by atoms with Crippen molar-refractivity contribution < 1.29 is 14.6 Å². The molecule has 1 atom stereocenters. The summed E-state index contributed by atoms with van der Waals surface area (Å²) in [5.41, 5.74) is -0.227. The van der Waals surface area contributed by atoms with Crippen molar-refractivity contribution in [3.8, 4) is 0 Å². The highest BCUT2D eigenvalue weighted by Crippen LogP contribution is 2.58. The Kier molecular flexibility index (Phi) is 3.10. The third-order valence-corrected chi connectivity index (χ3v) is 3.95. The van der Waals surface area contributed by atoms with E-state index in [-0.39, 0.29) is 17.6 Å². The predicted octanol–water partition coefficient (Wildman–Crippen LogP) is 2.06. The van der Waals surface area contributed by atoms with Crippen molar-refractivity contribution in [1.29, 1.82) is 0 Å². The van der Waals surface area contributed by atoms with E-state index in [1.807, 2.05) is 20.8 Å². The van der Waals surface area contributed by atoms with Crippen LogP contribution in [0, 0.1) is 11.3 Å². The summed E-state index contributed by atoms with van der Waals surface area (Å²) in [4.78, 5) is 11.4. The molecular formula is C13H23NO3. The van der Waals surface area contributed by atoms with Gasteiger partial charge in [-0.1, -0.05) is 0 Å². The van der Waals surface area contributed by atoms with Crippen LogP contribution in [-0.4, -0.2) is 29.4 Å². The smallest absolute Gasteiger partial charge is 0.407 e. The van der Waals surface area contributed by atoms with Gasteiger partial charge in [0.2, 0.25) is 0 Å². The maximum absolute atomic E-state index is 11.4. The molecule has 0 radical (unpaired) electrons. The lowest BCUT2D eigenvalue weighted by Crippen LogP contribution is -2.55. The Morgan fingerprint density at radius 1 is 1.47 bits per heavy atom. The zero-order chi connectivity index (χ0) is 12.7. The molecule has 0 heterocycles. The molecule has 2 rings (SSSR count). The van der Waals surface area contributed by atoms with Crippen molar-refractivity contribution in [2.45, 2.75) is 58.2 Å². The summed E-state index contributed by atoms with van der Waals surface area (Å²) in [6.07, 6.45) is 3.75. The average molecular weight is 241 g/mol. The van der Waals surface area contributed by atoms with Crippen LogP contribution in [0.4, 0.5) is 4.79 Å². The molecule has 2 N–H and O–H groups in total. The van der Waals surface area contributed by atoms with Crippen LogP contribution in [0.1, 0.15) is 46.5 Å². The lowest BCUT2D eigenvalue weighted by molar-refractivity contribution is -0.142. The molecule has 0 saturated heterocycles. The van der Waals surface area contributed by atoms with Crippen LogP contribution in [0.25, 0.3) is 0 Å². The Bertz CT molecular complexity index is 302. The number of aliphatic hydroxyl groups is 1. The number of carbonyl (C=O) groups is 1. The number of hydrogen-bond acceptors (Lipinski definition) is 3. The molecule has 98 valence electrons. The van der Waals surface area contributed by atoms with Crippen LogP contribution in [0.15, 0.2) is 0 Å². The van der Waals surface area contributed by atoms with Crippen molar-refractivity contribution in [3.63, 3.8) is 0 Å². The predicted molar refractivity (Wildman–Crippen MR) is 64.6 cm³/mol. The maximum Gasteiger partial charge on any atom is 0.407 e. The van der Waals surface area contributed by atoms with E-state index in [1.165, 1.54) is 0 Å². The van der Waals surface area contributed by atoms with Crippen LogP contribution >= 0.6 is 0 Å². The van der Waals surface area contributed by atoms with Crippen molar-refractivity contribution in [3.05, 3.63) is 0 Å². The first kappa shape index (κ1) is 12.7. The van der Waals surface area contributed by atoms with Gasteiger partial charge in [-0.2, -0.15) is 0 Å². The minimum atomic E-state index is -0.435. The summed E-state index contributed by atoms with van der Waals surface area (Å²) in [5.74, 6) is 0.512. The minimum absolute atomic E-state index is 0.0970. The monoisotopic (exact) mass is 241 g/mol. The van der Waals surface area contributed by atoms with Gasteiger partial charge < -0.3 is 15.2 Å². The van der Waals surface area contributed by atoms with E-state index in [0.29, 0.717) is 12.5 Å². The Hall–Kier alpha value is -0.770. The molecule has 4 nitrogen and oxygen atoms in total. The number of carbonyl (C=O) groups excluding carboxylic acids is 1. The third kappa shape index (κ3) is 2.73. The highest BCUT2D eigenvalue weighted by molar-refractivity contribution is 5.67. The van der Waals surface area contributed by atoms with Gasteiger partial charge in [-0.05, 0) is 57.8 Å². The van der Waals surface area contributed by atoms with Gasteiger partial charge in [0.25, 0.3) is 0 Å². The molecule has 2 aliphatic carbocycles. The molecule has 0 aromatic heterocycles. The van der Waals surface area contributed by atoms with Crippen LogP contribution < -0.4 is 5.32 Å². The molecule has 1 unspecified atom stereocenters. The standard InChI is InChI=1S/C13H23NO3/c1-12(2,3)17-11(16)14-8-9-6-13(7-9)5-4-10(13)15/h9-10,15H,4-8H2,1-3H3,(H,14,16). The van der Waals surface area contributed by atoms with E-state index in [0.717, 1.165) is 25.7 Å². The molecule has 2 saturated carbocycles. The number of ether oxygens (including phenoxy) is 1. The first-order valence-electron chi connectivity index (χ1n) is 6.46. The summed E-state index contributed by atoms with van der Waals surface area (Å²) < 4.78 is 5.17. The van der Waals surface area contributed by atoms with Crippen molar-refractivity contribution in [2.75, 3.05) is 6.54 Å². The van der Waals surface area contributed by atoms with Crippen molar-refractivity contribution in [1.82, 2.24) is 5.32 Å². The molecule has 4 heteroatoms. The second-order valence-corrected chi connectivity index (χ2v) is 6.57. The second kappa shape index (κ2) is 4.16. The first-order chi connectivity index (χ1) is 7.81. The molecule has 0 aromatic carbocycles. The van der Waals surface area contributed by atoms with Crippen LogP contribution in [-0.2, 0) is 4.74 Å². The van der Waals surface area contributed by atoms with Crippen LogP contribution in [0.5, 0.6) is 0 Å². The Balaban J connectivity index is 1.63. The maximum atomic E-state index is 11.4. The lowest BCUT2D eigenvalue weighted by Gasteiger charge is -2.57. The highest BCUT2D eigenvalue weighted by Gasteiger charge is 2.54. The Morgan fingerprint density at radius 2 is 2.12 bits per heavy atom. The van der Waals surface area contributed by atoms with Gasteiger partial charge in [0.05, 0.1) is 6.10 Å². The summed E-state index contributed by atoms with van der Waals surface area (Å²) in [6, 6.07) is 0. The Morgan fingerprint density at radius 3 is 2.53 bits per heavy atom. The number of aliphatic hydroxyl groups excluding tert-OH is 1. The van der Waals surface area contributed by atoms with Gasteiger partial charge in [0.15, 0.2) is 0 Å². The highest BCUT2D eigenvalue weighted by atomic mass is 16.6. The summed E-state index contributed by atoms with van der Waals surface area (Å²) in [7, 11) is 0. The molecule has 0 aliphatic heterocycles. The van der Waals surface area contributed by atoms with E-state index in [4.69, 9.17) is 4.74 Å². The fraction of sp³-hybridized carbons (Fsp3) is 0.923. The van der Waals surface area contributed by atoms with Crippen molar-refractivity contribution >= 4 is 6.09 Å². The van der Waals surface area contributed by atoms with Gasteiger partial charge in [0, 0.05) is 6.54 Å². The van der Waals surface area contributed by atoms with E-state index in [9.17, 15) is 9.90 Å². The van der Waals surface area contributed by atoms with Gasteiger partial charge in [-0.3, -0.25) is 0 Å². The zero-order valence-electron chi connectivity index (χ0n) is 11.0. The summed E-state index contributed by atoms with van der Waals surface area (Å²) >= 11 is 0. The first-order valence-corrected chi connectivity index (χ1v) is 6.46.